The lowest BCUT2D eigenvalue weighted by molar-refractivity contribution is -0.140. The predicted octanol–water partition coefficient (Wildman–Crippen LogP) is 4.59. The molecule has 0 aliphatic rings. The van der Waals surface area contributed by atoms with Crippen molar-refractivity contribution in [1.82, 2.24) is 10.2 Å². The molecule has 0 saturated heterocycles. The van der Waals surface area contributed by atoms with Crippen molar-refractivity contribution in [2.24, 2.45) is 0 Å². The molecule has 0 aromatic heterocycles. The van der Waals surface area contributed by atoms with E-state index in [-0.39, 0.29) is 41.4 Å². The summed E-state index contributed by atoms with van der Waals surface area (Å²) in [4.78, 5) is 29.2. The Labute approximate surface area is 241 Å². The molecule has 3 aromatic carbocycles. The van der Waals surface area contributed by atoms with Crippen LogP contribution in [0.3, 0.4) is 0 Å². The minimum atomic E-state index is -3.95. The molecule has 0 saturated carbocycles. The summed E-state index contributed by atoms with van der Waals surface area (Å²) in [7, 11) is -2.54. The first-order valence-corrected chi connectivity index (χ1v) is 15.1. The van der Waals surface area contributed by atoms with Crippen molar-refractivity contribution in [2.75, 3.05) is 24.2 Å². The van der Waals surface area contributed by atoms with E-state index < -0.39 is 28.5 Å². The molecular weight excluding hydrogens is 550 g/mol. The number of nitrogens with one attached hydrogen (secondary N) is 1. The Morgan fingerprint density at radius 2 is 1.65 bits per heavy atom. The number of rotatable bonds is 12. The second-order valence-corrected chi connectivity index (χ2v) is 12.3. The number of halogens is 1. The second kappa shape index (κ2) is 13.7. The maximum absolute atomic E-state index is 14.1. The number of anilines is 1. The molecule has 0 aliphatic carbocycles. The number of amides is 2. The van der Waals surface area contributed by atoms with Gasteiger partial charge in [0.1, 0.15) is 18.3 Å². The van der Waals surface area contributed by atoms with Crippen molar-refractivity contribution in [3.63, 3.8) is 0 Å². The maximum atomic E-state index is 14.1. The molecular formula is C30H36ClN3O5S. The lowest BCUT2D eigenvalue weighted by Gasteiger charge is -2.34. The normalized spacial score (nSPS) is 12.1. The smallest absolute Gasteiger partial charge is 0.244 e. The highest BCUT2D eigenvalue weighted by Gasteiger charge is 2.34. The molecule has 0 unspecified atom stereocenters. The predicted molar refractivity (Wildman–Crippen MR) is 159 cm³/mol. The molecule has 0 spiro atoms. The van der Waals surface area contributed by atoms with Crippen molar-refractivity contribution in [3.8, 4) is 5.75 Å². The lowest BCUT2D eigenvalue weighted by atomic mass is 10.0. The summed E-state index contributed by atoms with van der Waals surface area (Å²) in [5, 5.41) is 3.22. The van der Waals surface area contributed by atoms with Gasteiger partial charge in [0.2, 0.25) is 21.8 Å². The van der Waals surface area contributed by atoms with Crippen LogP contribution in [0, 0.1) is 6.92 Å². The Hall–Kier alpha value is -3.56. The van der Waals surface area contributed by atoms with Gasteiger partial charge in [-0.3, -0.25) is 13.9 Å². The van der Waals surface area contributed by atoms with E-state index in [9.17, 15) is 18.0 Å². The van der Waals surface area contributed by atoms with Crippen LogP contribution in [-0.2, 0) is 32.6 Å². The van der Waals surface area contributed by atoms with Gasteiger partial charge in [0.25, 0.3) is 0 Å². The highest BCUT2D eigenvalue weighted by atomic mass is 35.5. The Morgan fingerprint density at radius 3 is 2.25 bits per heavy atom. The van der Waals surface area contributed by atoms with E-state index in [4.69, 9.17) is 16.3 Å². The van der Waals surface area contributed by atoms with Gasteiger partial charge in [-0.15, -0.1) is 0 Å². The van der Waals surface area contributed by atoms with E-state index in [2.05, 4.69) is 5.32 Å². The molecule has 0 radical (unpaired) electrons. The molecule has 8 nitrogen and oxygen atoms in total. The first-order chi connectivity index (χ1) is 18.9. The molecule has 0 aliphatic heterocycles. The van der Waals surface area contributed by atoms with E-state index in [1.807, 2.05) is 75.4 Å². The van der Waals surface area contributed by atoms with Gasteiger partial charge in [-0.2, -0.15) is 0 Å². The molecule has 10 heteroatoms. The van der Waals surface area contributed by atoms with Crippen LogP contribution in [0.4, 0.5) is 5.69 Å². The fraction of sp³-hybridized carbons (Fsp3) is 0.333. The van der Waals surface area contributed by atoms with Gasteiger partial charge in [-0.25, -0.2) is 8.42 Å². The van der Waals surface area contributed by atoms with E-state index >= 15 is 0 Å². The van der Waals surface area contributed by atoms with Crippen molar-refractivity contribution < 1.29 is 22.7 Å². The number of methoxy groups -OCH3 is 1. The first kappa shape index (κ1) is 31.0. The monoisotopic (exact) mass is 585 g/mol. The average molecular weight is 586 g/mol. The SMILES string of the molecule is COc1ccc(Cl)cc1N(CC(=O)N(Cc1cccc(C)c1)[C@@H](Cc1ccccc1)C(=O)NC(C)C)S(C)(=O)=O. The van der Waals surface area contributed by atoms with Crippen LogP contribution >= 0.6 is 11.6 Å². The quantitative estimate of drug-likeness (QED) is 0.335. The largest absolute Gasteiger partial charge is 0.495 e. The highest BCUT2D eigenvalue weighted by Crippen LogP contribution is 2.33. The summed E-state index contributed by atoms with van der Waals surface area (Å²) < 4.78 is 32.3. The Bertz CT molecular complexity index is 1430. The molecule has 3 rings (SSSR count). The van der Waals surface area contributed by atoms with Crippen LogP contribution in [0.5, 0.6) is 5.75 Å². The van der Waals surface area contributed by atoms with E-state index in [1.54, 1.807) is 12.1 Å². The Morgan fingerprint density at radius 1 is 0.975 bits per heavy atom. The summed E-state index contributed by atoms with van der Waals surface area (Å²) in [5.41, 5.74) is 2.81. The summed E-state index contributed by atoms with van der Waals surface area (Å²) in [6.07, 6.45) is 1.26. The fourth-order valence-electron chi connectivity index (χ4n) is 4.39. The summed E-state index contributed by atoms with van der Waals surface area (Å²) in [5.74, 6) is -0.633. The molecule has 214 valence electrons. The zero-order chi connectivity index (χ0) is 29.4. The van der Waals surface area contributed by atoms with Gasteiger partial charge in [0.15, 0.2) is 0 Å². The van der Waals surface area contributed by atoms with Gasteiger partial charge in [-0.1, -0.05) is 71.8 Å². The highest BCUT2D eigenvalue weighted by molar-refractivity contribution is 7.92. The van der Waals surface area contributed by atoms with E-state index in [0.29, 0.717) is 0 Å². The van der Waals surface area contributed by atoms with Gasteiger partial charge in [0.05, 0.1) is 19.1 Å². The van der Waals surface area contributed by atoms with Gasteiger partial charge in [-0.05, 0) is 50.1 Å². The van der Waals surface area contributed by atoms with Crippen molar-refractivity contribution in [1.29, 1.82) is 0 Å². The third kappa shape index (κ3) is 8.47. The van der Waals surface area contributed by atoms with E-state index in [0.717, 1.165) is 27.3 Å². The molecule has 40 heavy (non-hydrogen) atoms. The van der Waals surface area contributed by atoms with Crippen molar-refractivity contribution in [2.45, 2.75) is 45.8 Å². The van der Waals surface area contributed by atoms with Gasteiger partial charge in [0, 0.05) is 24.0 Å². The lowest BCUT2D eigenvalue weighted by Crippen LogP contribution is -2.54. The number of sulfonamides is 1. The fourth-order valence-corrected chi connectivity index (χ4v) is 5.41. The maximum Gasteiger partial charge on any atom is 0.244 e. The number of aryl methyl sites for hydroxylation is 1. The molecule has 1 N–H and O–H groups in total. The molecule has 0 bridgehead atoms. The minimum absolute atomic E-state index is 0.105. The number of carbonyl (C=O) groups excluding carboxylic acids is 2. The Kier molecular flexibility index (Phi) is 10.6. The zero-order valence-corrected chi connectivity index (χ0v) is 25.0. The van der Waals surface area contributed by atoms with Crippen molar-refractivity contribution in [3.05, 3.63) is 94.5 Å². The Balaban J connectivity index is 2.10. The number of benzene rings is 3. The third-order valence-corrected chi connectivity index (χ3v) is 7.59. The molecule has 3 aromatic rings. The summed E-state index contributed by atoms with van der Waals surface area (Å²) >= 11 is 6.19. The number of nitrogens with zero attached hydrogens (tertiary/aromatic N) is 2. The van der Waals surface area contributed by atoms with Crippen LogP contribution in [-0.4, -0.2) is 57.1 Å². The number of hydrogen-bond donors (Lipinski definition) is 1. The van der Waals surface area contributed by atoms with Crippen LogP contribution in [0.1, 0.15) is 30.5 Å². The van der Waals surface area contributed by atoms with Gasteiger partial charge >= 0.3 is 0 Å². The number of ether oxygens (including phenoxy) is 1. The van der Waals surface area contributed by atoms with Crippen LogP contribution in [0.25, 0.3) is 0 Å². The molecule has 0 heterocycles. The van der Waals surface area contributed by atoms with Crippen molar-refractivity contribution >= 4 is 39.1 Å². The van der Waals surface area contributed by atoms with Crippen LogP contribution < -0.4 is 14.4 Å². The second-order valence-electron chi connectivity index (χ2n) is 9.97. The van der Waals surface area contributed by atoms with Gasteiger partial charge < -0.3 is 15.0 Å². The summed E-state index contributed by atoms with van der Waals surface area (Å²) in [6, 6.07) is 20.5. The molecule has 1 atom stereocenters. The standard InChI is InChI=1S/C30H36ClN3O5S/c1-21(2)32-30(36)27(17-23-11-7-6-8-12-23)33(19-24-13-9-10-22(3)16-24)29(35)20-34(40(5,37)38)26-18-25(31)14-15-28(26)39-4/h6-16,18,21,27H,17,19-20H2,1-5H3,(H,32,36)/t27-/m0/s1. The van der Waals surface area contributed by atoms with Crippen LogP contribution in [0.2, 0.25) is 5.02 Å². The number of hydrogen-bond acceptors (Lipinski definition) is 5. The molecule has 2 amide bonds. The molecule has 0 fully saturated rings. The summed E-state index contributed by atoms with van der Waals surface area (Å²) in [6.45, 7) is 5.19. The first-order valence-electron chi connectivity index (χ1n) is 12.9. The van der Waals surface area contributed by atoms with Crippen LogP contribution in [0.15, 0.2) is 72.8 Å². The minimum Gasteiger partial charge on any atom is -0.495 e. The zero-order valence-electron chi connectivity index (χ0n) is 23.4. The average Bonchev–Trinajstić information content (AvgIpc) is 2.88. The number of carbonyl (C=O) groups is 2. The topological polar surface area (TPSA) is 96.0 Å². The van der Waals surface area contributed by atoms with E-state index in [1.165, 1.54) is 18.1 Å². The third-order valence-electron chi connectivity index (χ3n) is 6.23.